The second-order valence-electron chi connectivity index (χ2n) is 5.89. The Morgan fingerprint density at radius 2 is 1.83 bits per heavy atom. The molecule has 3 aromatic rings. The number of halogens is 2. The smallest absolute Gasteiger partial charge is 0.326 e. The Morgan fingerprint density at radius 3 is 2.52 bits per heavy atom. The number of non-ortho nitro benzene ring substituents is 1. The first-order valence-electron chi connectivity index (χ1n) is 8.27. The van der Waals surface area contributed by atoms with Crippen LogP contribution in [0.2, 0.25) is 10.3 Å². The summed E-state index contributed by atoms with van der Waals surface area (Å²) in [5.41, 5.74) is 0.0639. The van der Waals surface area contributed by atoms with Gasteiger partial charge in [-0.1, -0.05) is 65.7 Å². The molecule has 0 aliphatic carbocycles. The number of carbonyl (C=O) groups excluding carboxylic acids is 1. The van der Waals surface area contributed by atoms with Crippen LogP contribution in [0.5, 0.6) is 0 Å². The molecular formula is C19H13Cl2N3O5. The van der Waals surface area contributed by atoms with Crippen LogP contribution >= 0.6 is 23.2 Å². The van der Waals surface area contributed by atoms with Crippen LogP contribution < -0.4 is 5.56 Å². The van der Waals surface area contributed by atoms with E-state index in [-0.39, 0.29) is 28.7 Å². The number of aromatic nitrogens is 2. The number of benzene rings is 2. The lowest BCUT2D eigenvalue weighted by atomic mass is 10.1. The standard InChI is InChI=1S/C19H13Cl2N3O5/c20-17-16(13-7-4-8-14(9-13)24(27)28)23(19(26)18(21)22-17)10-15(25)29-11-12-5-2-1-3-6-12/h1-9H,10-11H2. The van der Waals surface area contributed by atoms with Crippen molar-refractivity contribution in [2.45, 2.75) is 13.2 Å². The molecule has 0 atom stereocenters. The largest absolute Gasteiger partial charge is 0.459 e. The van der Waals surface area contributed by atoms with Gasteiger partial charge < -0.3 is 4.74 Å². The third-order valence-corrected chi connectivity index (χ3v) is 4.45. The van der Waals surface area contributed by atoms with E-state index >= 15 is 0 Å². The summed E-state index contributed by atoms with van der Waals surface area (Å²) in [4.78, 5) is 39.1. The number of ether oxygens (including phenoxy) is 1. The first-order valence-corrected chi connectivity index (χ1v) is 9.02. The number of hydrogen-bond acceptors (Lipinski definition) is 6. The summed E-state index contributed by atoms with van der Waals surface area (Å²) in [7, 11) is 0. The van der Waals surface area contributed by atoms with Gasteiger partial charge >= 0.3 is 5.97 Å². The Labute approximate surface area is 174 Å². The van der Waals surface area contributed by atoms with E-state index in [2.05, 4.69) is 4.98 Å². The Bertz CT molecular complexity index is 1130. The van der Waals surface area contributed by atoms with E-state index in [1.54, 1.807) is 24.3 Å². The molecule has 1 aromatic heterocycles. The Morgan fingerprint density at radius 1 is 1.10 bits per heavy atom. The summed E-state index contributed by atoms with van der Waals surface area (Å²) >= 11 is 12.0. The monoisotopic (exact) mass is 433 g/mol. The molecule has 0 spiro atoms. The number of carbonyl (C=O) groups is 1. The second kappa shape index (κ2) is 8.85. The van der Waals surface area contributed by atoms with Gasteiger partial charge in [0.1, 0.15) is 13.2 Å². The molecule has 0 N–H and O–H groups in total. The van der Waals surface area contributed by atoms with Crippen LogP contribution in [0, 0.1) is 10.1 Å². The van der Waals surface area contributed by atoms with Gasteiger partial charge in [0.15, 0.2) is 10.3 Å². The van der Waals surface area contributed by atoms with Gasteiger partial charge in [0.25, 0.3) is 11.2 Å². The molecule has 8 nitrogen and oxygen atoms in total. The van der Waals surface area contributed by atoms with E-state index in [4.69, 9.17) is 27.9 Å². The molecular weight excluding hydrogens is 421 g/mol. The molecule has 0 saturated carbocycles. The molecule has 0 aliphatic rings. The maximum absolute atomic E-state index is 12.5. The van der Waals surface area contributed by atoms with Crippen LogP contribution in [0.1, 0.15) is 5.56 Å². The predicted molar refractivity (Wildman–Crippen MR) is 107 cm³/mol. The molecule has 148 valence electrons. The highest BCUT2D eigenvalue weighted by molar-refractivity contribution is 6.33. The van der Waals surface area contributed by atoms with E-state index in [1.807, 2.05) is 6.07 Å². The van der Waals surface area contributed by atoms with Crippen molar-refractivity contribution in [3.8, 4) is 11.3 Å². The number of rotatable bonds is 6. The summed E-state index contributed by atoms with van der Waals surface area (Å²) in [5, 5.41) is 10.5. The summed E-state index contributed by atoms with van der Waals surface area (Å²) in [6, 6.07) is 14.5. The van der Waals surface area contributed by atoms with E-state index in [1.165, 1.54) is 24.3 Å². The van der Waals surface area contributed by atoms with Crippen molar-refractivity contribution in [2.75, 3.05) is 0 Å². The van der Waals surface area contributed by atoms with Crippen LogP contribution in [0.25, 0.3) is 11.3 Å². The number of nitro groups is 1. The minimum Gasteiger partial charge on any atom is -0.459 e. The molecule has 0 bridgehead atoms. The lowest BCUT2D eigenvalue weighted by Crippen LogP contribution is -2.28. The fourth-order valence-corrected chi connectivity index (χ4v) is 3.14. The molecule has 10 heteroatoms. The van der Waals surface area contributed by atoms with E-state index in [9.17, 15) is 19.7 Å². The maximum Gasteiger partial charge on any atom is 0.326 e. The first-order chi connectivity index (χ1) is 13.9. The van der Waals surface area contributed by atoms with Crippen molar-refractivity contribution in [2.24, 2.45) is 0 Å². The number of esters is 1. The fourth-order valence-electron chi connectivity index (χ4n) is 2.62. The molecule has 0 saturated heterocycles. The number of nitrogens with zero attached hydrogens (tertiary/aromatic N) is 3. The van der Waals surface area contributed by atoms with Gasteiger partial charge in [-0.2, -0.15) is 0 Å². The summed E-state index contributed by atoms with van der Waals surface area (Å²) in [5.74, 6) is -0.707. The van der Waals surface area contributed by atoms with Gasteiger partial charge in [0.05, 0.1) is 10.6 Å². The quantitative estimate of drug-likeness (QED) is 0.332. The maximum atomic E-state index is 12.5. The van der Waals surface area contributed by atoms with E-state index in [0.29, 0.717) is 0 Å². The summed E-state index contributed by atoms with van der Waals surface area (Å²) < 4.78 is 6.20. The van der Waals surface area contributed by atoms with Gasteiger partial charge in [0, 0.05) is 17.7 Å². The average Bonchev–Trinajstić information content (AvgIpc) is 2.71. The first kappa shape index (κ1) is 20.5. The Hall–Kier alpha value is -3.23. The zero-order valence-electron chi connectivity index (χ0n) is 14.7. The zero-order chi connectivity index (χ0) is 21.0. The zero-order valence-corrected chi connectivity index (χ0v) is 16.3. The van der Waals surface area contributed by atoms with E-state index in [0.717, 1.165) is 10.1 Å². The lowest BCUT2D eigenvalue weighted by molar-refractivity contribution is -0.384. The van der Waals surface area contributed by atoms with Crippen molar-refractivity contribution in [3.05, 3.63) is 90.9 Å². The number of nitro benzene ring substituents is 1. The van der Waals surface area contributed by atoms with Crippen LogP contribution in [0.4, 0.5) is 5.69 Å². The van der Waals surface area contributed by atoms with Crippen molar-refractivity contribution >= 4 is 34.9 Å². The molecule has 0 amide bonds. The molecule has 0 fully saturated rings. The van der Waals surface area contributed by atoms with Crippen molar-refractivity contribution in [3.63, 3.8) is 0 Å². The molecule has 0 unspecified atom stereocenters. The van der Waals surface area contributed by atoms with Crippen LogP contribution in [-0.2, 0) is 22.7 Å². The van der Waals surface area contributed by atoms with Crippen molar-refractivity contribution in [1.82, 2.24) is 9.55 Å². The summed E-state index contributed by atoms with van der Waals surface area (Å²) in [6.45, 7) is -0.473. The fraction of sp³-hybridized carbons (Fsp3) is 0.105. The van der Waals surface area contributed by atoms with Gasteiger partial charge in [0.2, 0.25) is 0 Å². The van der Waals surface area contributed by atoms with Crippen LogP contribution in [0.3, 0.4) is 0 Å². The Balaban J connectivity index is 1.95. The van der Waals surface area contributed by atoms with Crippen molar-refractivity contribution < 1.29 is 14.5 Å². The predicted octanol–water partition coefficient (Wildman–Crippen LogP) is 3.87. The van der Waals surface area contributed by atoms with Crippen molar-refractivity contribution in [1.29, 1.82) is 0 Å². The van der Waals surface area contributed by atoms with Gasteiger partial charge in [-0.3, -0.25) is 24.3 Å². The highest BCUT2D eigenvalue weighted by Gasteiger charge is 2.20. The molecule has 0 radical (unpaired) electrons. The average molecular weight is 434 g/mol. The Kier molecular flexibility index (Phi) is 6.26. The molecule has 2 aromatic carbocycles. The minimum atomic E-state index is -0.769. The SMILES string of the molecule is O=C(Cn1c(-c2cccc([N+](=O)[O-])c2)c(Cl)nc(Cl)c1=O)OCc1ccccc1. The lowest BCUT2D eigenvalue weighted by Gasteiger charge is -2.14. The van der Waals surface area contributed by atoms with Gasteiger partial charge in [-0.05, 0) is 5.56 Å². The normalized spacial score (nSPS) is 10.6. The van der Waals surface area contributed by atoms with Crippen LogP contribution in [-0.4, -0.2) is 20.4 Å². The third-order valence-electron chi connectivity index (χ3n) is 3.94. The molecule has 29 heavy (non-hydrogen) atoms. The highest BCUT2D eigenvalue weighted by atomic mass is 35.5. The summed E-state index contributed by atoms with van der Waals surface area (Å²) in [6.07, 6.45) is 0. The van der Waals surface area contributed by atoms with Crippen LogP contribution in [0.15, 0.2) is 59.4 Å². The topological polar surface area (TPSA) is 104 Å². The number of hydrogen-bond donors (Lipinski definition) is 0. The minimum absolute atomic E-state index is 0.0209. The second-order valence-corrected chi connectivity index (χ2v) is 6.60. The molecule has 1 heterocycles. The van der Waals surface area contributed by atoms with E-state index < -0.39 is 28.1 Å². The van der Waals surface area contributed by atoms with Gasteiger partial charge in [-0.15, -0.1) is 0 Å². The third kappa shape index (κ3) is 4.79. The van der Waals surface area contributed by atoms with Gasteiger partial charge in [-0.25, -0.2) is 4.98 Å². The highest BCUT2D eigenvalue weighted by Crippen LogP contribution is 2.29. The molecule has 0 aliphatic heterocycles. The molecule has 3 rings (SSSR count).